The van der Waals surface area contributed by atoms with Gasteiger partial charge in [-0.15, -0.1) is 0 Å². The lowest BCUT2D eigenvalue weighted by Crippen LogP contribution is -2.08. The molecule has 0 saturated heterocycles. The zero-order valence-corrected chi connectivity index (χ0v) is 11.8. The van der Waals surface area contributed by atoms with E-state index in [9.17, 15) is 14.9 Å². The van der Waals surface area contributed by atoms with E-state index in [1.54, 1.807) is 19.1 Å². The van der Waals surface area contributed by atoms with Gasteiger partial charge >= 0.3 is 5.43 Å². The number of rotatable bonds is 4. The Morgan fingerprint density at radius 1 is 1.65 bits per heavy atom. The zero-order chi connectivity index (χ0) is 13.0. The van der Waals surface area contributed by atoms with Crippen molar-refractivity contribution < 1.29 is 14.5 Å². The van der Waals surface area contributed by atoms with Crippen LogP contribution in [-0.2, 0) is 4.74 Å². The predicted molar refractivity (Wildman–Crippen MR) is 71.4 cm³/mol. The van der Waals surface area contributed by atoms with Crippen molar-refractivity contribution in [2.24, 2.45) is 0 Å². The second kappa shape index (κ2) is 6.15. The first-order valence-electron chi connectivity index (χ1n) is 4.68. The smallest absolute Gasteiger partial charge is 0.403 e. The molecule has 0 amide bonds. The van der Waals surface area contributed by atoms with Gasteiger partial charge in [0.15, 0.2) is 0 Å². The van der Waals surface area contributed by atoms with E-state index in [1.165, 1.54) is 6.07 Å². The van der Waals surface area contributed by atoms with Crippen molar-refractivity contribution in [3.63, 3.8) is 0 Å². The molecule has 1 rings (SSSR count). The summed E-state index contributed by atoms with van der Waals surface area (Å²) in [5.74, 6) is -0.282. The van der Waals surface area contributed by atoms with Crippen LogP contribution in [0.1, 0.15) is 18.4 Å². The molecule has 0 radical (unpaired) electrons. The number of hydrogen-bond acceptors (Lipinski definition) is 4. The second-order valence-corrected chi connectivity index (χ2v) is 4.96. The van der Waals surface area contributed by atoms with Crippen LogP contribution in [0.3, 0.4) is 0 Å². The molecule has 92 valence electrons. The normalized spacial score (nSPS) is 11.9. The van der Waals surface area contributed by atoms with Gasteiger partial charge in [0.25, 0.3) is 5.69 Å². The fraction of sp³-hybridized carbons (Fsp3) is 0.300. The van der Waals surface area contributed by atoms with Gasteiger partial charge in [0.05, 0.1) is 11.5 Å². The molecule has 0 saturated carbocycles. The molecular weight excluding hydrogens is 360 g/mol. The van der Waals surface area contributed by atoms with Gasteiger partial charge in [-0.2, -0.15) is 0 Å². The van der Waals surface area contributed by atoms with Crippen molar-refractivity contribution in [2.75, 3.05) is 6.61 Å². The Hall–Kier alpha value is -0.890. The monoisotopic (exact) mass is 369 g/mol. The van der Waals surface area contributed by atoms with E-state index in [2.05, 4.69) is 4.74 Å². The lowest BCUT2D eigenvalue weighted by Gasteiger charge is -2.11. The quantitative estimate of drug-likeness (QED) is 0.351. The van der Waals surface area contributed by atoms with E-state index in [0.29, 0.717) is 5.56 Å². The molecular formula is C10H9ClINO4. The van der Waals surface area contributed by atoms with Crippen molar-refractivity contribution in [2.45, 2.75) is 12.8 Å². The molecule has 0 fully saturated rings. The molecule has 1 atom stereocenters. The minimum absolute atomic E-state index is 0.0176. The molecule has 0 spiro atoms. The first kappa shape index (κ1) is 14.2. The minimum Gasteiger partial charge on any atom is -0.453 e. The van der Waals surface area contributed by atoms with Gasteiger partial charge in [-0.25, -0.2) is 4.79 Å². The summed E-state index contributed by atoms with van der Waals surface area (Å²) in [5.41, 5.74) is -0.367. The highest BCUT2D eigenvalue weighted by Crippen LogP contribution is 2.28. The third kappa shape index (κ3) is 4.12. The summed E-state index contributed by atoms with van der Waals surface area (Å²) in [6.07, 6.45) is 0. The Morgan fingerprint density at radius 3 is 2.82 bits per heavy atom. The van der Waals surface area contributed by atoms with Crippen LogP contribution in [0.2, 0.25) is 0 Å². The van der Waals surface area contributed by atoms with Crippen molar-refractivity contribution in [1.29, 1.82) is 0 Å². The summed E-state index contributed by atoms with van der Waals surface area (Å²) in [7, 11) is 0. The molecule has 0 bridgehead atoms. The molecule has 1 unspecified atom stereocenters. The number of carbonyl (C=O) groups excluding carboxylic acids is 1. The van der Waals surface area contributed by atoms with Gasteiger partial charge in [0.2, 0.25) is 0 Å². The summed E-state index contributed by atoms with van der Waals surface area (Å²) in [6.45, 7) is 1.75. The van der Waals surface area contributed by atoms with Crippen LogP contribution >= 0.6 is 34.2 Å². The second-order valence-electron chi connectivity index (χ2n) is 3.41. The van der Waals surface area contributed by atoms with Crippen molar-refractivity contribution >= 4 is 45.3 Å². The van der Waals surface area contributed by atoms with E-state index in [-0.39, 0.29) is 18.2 Å². The Morgan fingerprint density at radius 2 is 2.29 bits per heavy atom. The fourth-order valence-electron chi connectivity index (χ4n) is 1.37. The molecule has 7 heteroatoms. The van der Waals surface area contributed by atoms with E-state index in [0.717, 1.165) is 3.57 Å². The number of hydrogen-bond donors (Lipinski definition) is 0. The lowest BCUT2D eigenvalue weighted by molar-refractivity contribution is -0.385. The average molecular weight is 370 g/mol. The van der Waals surface area contributed by atoms with Crippen LogP contribution in [-0.4, -0.2) is 17.0 Å². The van der Waals surface area contributed by atoms with Crippen LogP contribution < -0.4 is 0 Å². The van der Waals surface area contributed by atoms with E-state index in [4.69, 9.17) is 11.6 Å². The van der Waals surface area contributed by atoms with E-state index in [1.807, 2.05) is 22.6 Å². The predicted octanol–water partition coefficient (Wildman–Crippen LogP) is 3.68. The highest BCUT2D eigenvalue weighted by atomic mass is 127. The molecule has 1 aromatic rings. The first-order valence-corrected chi connectivity index (χ1v) is 6.13. The molecule has 0 heterocycles. The highest BCUT2D eigenvalue weighted by molar-refractivity contribution is 14.1. The highest BCUT2D eigenvalue weighted by Gasteiger charge is 2.20. The number of nitro benzene ring substituents is 1. The number of nitro groups is 1. The number of ether oxygens (including phenoxy) is 1. The number of halogens is 2. The Kier molecular flexibility index (Phi) is 5.13. The molecule has 0 aliphatic rings. The molecule has 1 aromatic carbocycles. The maximum atomic E-state index is 10.9. The maximum Gasteiger partial charge on any atom is 0.403 e. The zero-order valence-electron chi connectivity index (χ0n) is 8.85. The minimum atomic E-state index is -0.912. The van der Waals surface area contributed by atoms with Gasteiger partial charge in [0.1, 0.15) is 0 Å². The molecule has 0 N–H and O–H groups in total. The summed E-state index contributed by atoms with van der Waals surface area (Å²) in [4.78, 5) is 20.9. The summed E-state index contributed by atoms with van der Waals surface area (Å²) < 4.78 is 5.40. The lowest BCUT2D eigenvalue weighted by atomic mass is 10.0. The number of nitrogens with zero attached hydrogens (tertiary/aromatic N) is 1. The average Bonchev–Trinajstić information content (AvgIpc) is 2.25. The topological polar surface area (TPSA) is 69.4 Å². The van der Waals surface area contributed by atoms with Gasteiger partial charge in [-0.1, -0.05) is 13.0 Å². The maximum absolute atomic E-state index is 10.9. The fourth-order valence-corrected chi connectivity index (χ4v) is 1.91. The summed E-state index contributed by atoms with van der Waals surface area (Å²) in [6, 6.07) is 4.91. The molecule has 17 heavy (non-hydrogen) atoms. The molecule has 5 nitrogen and oxygen atoms in total. The summed E-state index contributed by atoms with van der Waals surface area (Å²) >= 11 is 7.04. The van der Waals surface area contributed by atoms with Gasteiger partial charge in [-0.05, 0) is 28.7 Å². The van der Waals surface area contributed by atoms with E-state index >= 15 is 0 Å². The largest absolute Gasteiger partial charge is 0.453 e. The van der Waals surface area contributed by atoms with Gasteiger partial charge in [-0.3, -0.25) is 10.1 Å². The summed E-state index contributed by atoms with van der Waals surface area (Å²) in [5, 5.41) is 10.9. The molecule has 0 aliphatic heterocycles. The third-order valence-electron chi connectivity index (χ3n) is 2.17. The Labute approximate surface area is 116 Å². The van der Waals surface area contributed by atoms with Crippen molar-refractivity contribution in [3.05, 3.63) is 37.4 Å². The third-order valence-corrected chi connectivity index (χ3v) is 2.95. The SMILES string of the molecule is CC(COC(=O)Cl)c1ccc(I)cc1[N+](=O)[O-]. The van der Waals surface area contributed by atoms with Crippen molar-refractivity contribution in [3.8, 4) is 0 Å². The molecule has 0 aromatic heterocycles. The van der Waals surface area contributed by atoms with Crippen LogP contribution in [0, 0.1) is 13.7 Å². The van der Waals surface area contributed by atoms with Crippen molar-refractivity contribution in [1.82, 2.24) is 0 Å². The number of carbonyl (C=O) groups is 1. The van der Waals surface area contributed by atoms with Crippen LogP contribution in [0.5, 0.6) is 0 Å². The van der Waals surface area contributed by atoms with Gasteiger partial charge in [0, 0.05) is 32.7 Å². The Bertz CT molecular complexity index is 452. The van der Waals surface area contributed by atoms with Crippen LogP contribution in [0.15, 0.2) is 18.2 Å². The molecule has 0 aliphatic carbocycles. The standard InChI is InChI=1S/C10H9ClINO4/c1-6(5-17-10(11)14)8-3-2-7(12)4-9(8)13(15)16/h2-4,6H,5H2,1H3. The first-order chi connectivity index (χ1) is 7.91. The van der Waals surface area contributed by atoms with Gasteiger partial charge < -0.3 is 4.74 Å². The Balaban J connectivity index is 2.96. The number of benzene rings is 1. The van der Waals surface area contributed by atoms with Crippen LogP contribution in [0.4, 0.5) is 10.5 Å². The van der Waals surface area contributed by atoms with Crippen LogP contribution in [0.25, 0.3) is 0 Å². The van der Waals surface area contributed by atoms with E-state index < -0.39 is 10.4 Å².